The first-order valence-corrected chi connectivity index (χ1v) is 3.28. The number of aliphatic hydroxyl groups is 1. The summed E-state index contributed by atoms with van der Waals surface area (Å²) in [5, 5.41) is 9.08. The Bertz CT molecular complexity index is 107. The van der Waals surface area contributed by atoms with Crippen molar-refractivity contribution in [2.75, 3.05) is 6.61 Å². The number of hydrogen-bond donors (Lipinski definition) is 1. The predicted octanol–water partition coefficient (Wildman–Crippen LogP) is 0.361. The van der Waals surface area contributed by atoms with E-state index in [0.29, 0.717) is 6.29 Å². The third-order valence-electron chi connectivity index (χ3n) is 0.963. The van der Waals surface area contributed by atoms with E-state index >= 15 is 0 Å². The van der Waals surface area contributed by atoms with Crippen molar-refractivity contribution in [2.24, 2.45) is 0 Å². The van der Waals surface area contributed by atoms with Gasteiger partial charge in [-0.25, -0.2) is 0 Å². The minimum absolute atomic E-state index is 0.0476. The molecule has 0 aliphatic heterocycles. The van der Waals surface area contributed by atoms with E-state index in [1.165, 1.54) is 6.92 Å². The van der Waals surface area contributed by atoms with E-state index < -0.39 is 5.60 Å². The van der Waals surface area contributed by atoms with Crippen LogP contribution in [0, 0.1) is 0 Å². The first kappa shape index (κ1) is 9.59. The lowest BCUT2D eigenvalue weighted by Gasteiger charge is -2.17. The summed E-state index contributed by atoms with van der Waals surface area (Å²) in [6.07, 6.45) is 0.529. The van der Waals surface area contributed by atoms with Crippen LogP contribution in [0.2, 0.25) is 0 Å². The maximum absolute atomic E-state index is 10.1. The van der Waals surface area contributed by atoms with Crippen molar-refractivity contribution in [1.29, 1.82) is 0 Å². The summed E-state index contributed by atoms with van der Waals surface area (Å²) in [4.78, 5) is 10.1. The van der Waals surface area contributed by atoms with Crippen LogP contribution in [0.5, 0.6) is 0 Å². The van der Waals surface area contributed by atoms with Crippen molar-refractivity contribution in [3.05, 3.63) is 0 Å². The second-order valence-electron chi connectivity index (χ2n) is 2.83. The minimum Gasteiger partial charge on any atom is -0.380 e. The fourth-order valence-corrected chi connectivity index (χ4v) is 0.369. The maximum Gasteiger partial charge on any atom is 0.153 e. The number of rotatable bonds is 4. The number of aldehydes is 1. The molecule has 0 aliphatic carbocycles. The molecule has 0 saturated carbocycles. The van der Waals surface area contributed by atoms with Crippen LogP contribution >= 0.6 is 0 Å². The number of carbonyl (C=O) groups excluding carboxylic acids is 1. The summed E-state index contributed by atoms with van der Waals surface area (Å²) in [6, 6.07) is 0. The van der Waals surface area contributed by atoms with Gasteiger partial charge in [-0.15, -0.1) is 0 Å². The van der Waals surface area contributed by atoms with E-state index in [0.717, 1.165) is 0 Å². The van der Waals surface area contributed by atoms with Crippen LogP contribution < -0.4 is 0 Å². The topological polar surface area (TPSA) is 46.5 Å². The van der Waals surface area contributed by atoms with Gasteiger partial charge >= 0.3 is 0 Å². The molecule has 1 N–H and O–H groups in total. The van der Waals surface area contributed by atoms with E-state index in [1.807, 2.05) is 13.8 Å². The van der Waals surface area contributed by atoms with Crippen LogP contribution in [0.3, 0.4) is 0 Å². The molecule has 3 heteroatoms. The molecule has 0 aliphatic rings. The van der Waals surface area contributed by atoms with E-state index in [-0.39, 0.29) is 12.7 Å². The molecule has 0 saturated heterocycles. The van der Waals surface area contributed by atoms with Crippen molar-refractivity contribution in [2.45, 2.75) is 32.5 Å². The molecule has 0 radical (unpaired) electrons. The molecule has 0 aromatic rings. The van der Waals surface area contributed by atoms with Crippen molar-refractivity contribution in [1.82, 2.24) is 0 Å². The molecule has 0 bridgehead atoms. The van der Waals surface area contributed by atoms with Crippen molar-refractivity contribution >= 4 is 6.29 Å². The second kappa shape index (κ2) is 3.68. The van der Waals surface area contributed by atoms with E-state index in [4.69, 9.17) is 9.84 Å². The Morgan fingerprint density at radius 2 is 2.20 bits per heavy atom. The van der Waals surface area contributed by atoms with E-state index in [1.54, 1.807) is 0 Å². The molecule has 0 fully saturated rings. The highest BCUT2D eigenvalue weighted by molar-refractivity contribution is 5.61. The van der Waals surface area contributed by atoms with Crippen LogP contribution in [0.15, 0.2) is 0 Å². The Hall–Kier alpha value is -0.410. The summed E-state index contributed by atoms with van der Waals surface area (Å²) >= 11 is 0. The van der Waals surface area contributed by atoms with E-state index in [2.05, 4.69) is 0 Å². The molecule has 0 amide bonds. The summed E-state index contributed by atoms with van der Waals surface area (Å²) in [7, 11) is 0. The molecular weight excluding hydrogens is 132 g/mol. The lowest BCUT2D eigenvalue weighted by Crippen LogP contribution is -2.33. The molecule has 1 atom stereocenters. The Morgan fingerprint density at radius 1 is 1.70 bits per heavy atom. The van der Waals surface area contributed by atoms with Crippen molar-refractivity contribution in [3.63, 3.8) is 0 Å². The Balaban J connectivity index is 3.56. The molecule has 0 rings (SSSR count). The Labute approximate surface area is 61.0 Å². The molecule has 3 nitrogen and oxygen atoms in total. The largest absolute Gasteiger partial charge is 0.380 e. The number of carbonyl (C=O) groups is 1. The third kappa shape index (κ3) is 4.47. The zero-order valence-corrected chi connectivity index (χ0v) is 6.63. The average molecular weight is 146 g/mol. The van der Waals surface area contributed by atoms with Gasteiger partial charge in [-0.2, -0.15) is 0 Å². The van der Waals surface area contributed by atoms with Crippen LogP contribution in [-0.4, -0.2) is 29.7 Å². The highest BCUT2D eigenvalue weighted by Crippen LogP contribution is 2.00. The first-order valence-electron chi connectivity index (χ1n) is 3.28. The summed E-state index contributed by atoms with van der Waals surface area (Å²) < 4.78 is 5.02. The van der Waals surface area contributed by atoms with Gasteiger partial charge in [0.25, 0.3) is 0 Å². The summed E-state index contributed by atoms with van der Waals surface area (Å²) in [6.45, 7) is 5.18. The SMILES string of the molecule is CC(C)OCC(C)(O)C=O. The van der Waals surface area contributed by atoms with Crippen LogP contribution in [0.25, 0.3) is 0 Å². The van der Waals surface area contributed by atoms with Crippen LogP contribution in [0.4, 0.5) is 0 Å². The fraction of sp³-hybridized carbons (Fsp3) is 0.857. The number of ether oxygens (including phenoxy) is 1. The van der Waals surface area contributed by atoms with Gasteiger partial charge in [-0.3, -0.25) is 0 Å². The average Bonchev–Trinajstić information content (AvgIpc) is 1.85. The van der Waals surface area contributed by atoms with Crippen molar-refractivity contribution < 1.29 is 14.6 Å². The molecule has 0 aromatic carbocycles. The normalized spacial score (nSPS) is 16.9. The molecule has 1 unspecified atom stereocenters. The van der Waals surface area contributed by atoms with Gasteiger partial charge in [0.1, 0.15) is 5.60 Å². The van der Waals surface area contributed by atoms with Gasteiger partial charge in [-0.05, 0) is 20.8 Å². The lowest BCUT2D eigenvalue weighted by molar-refractivity contribution is -0.130. The lowest BCUT2D eigenvalue weighted by atomic mass is 10.1. The van der Waals surface area contributed by atoms with Crippen molar-refractivity contribution in [3.8, 4) is 0 Å². The molecule has 60 valence electrons. The summed E-state index contributed by atoms with van der Waals surface area (Å²) in [5.74, 6) is 0. The molecule has 0 spiro atoms. The quantitative estimate of drug-likeness (QED) is 0.582. The smallest absolute Gasteiger partial charge is 0.153 e. The Morgan fingerprint density at radius 3 is 2.50 bits per heavy atom. The van der Waals surface area contributed by atoms with Crippen LogP contribution in [-0.2, 0) is 9.53 Å². The predicted molar refractivity (Wildman–Crippen MR) is 37.8 cm³/mol. The zero-order chi connectivity index (χ0) is 8.20. The fourth-order valence-electron chi connectivity index (χ4n) is 0.369. The van der Waals surface area contributed by atoms with E-state index in [9.17, 15) is 4.79 Å². The molecular formula is C7H14O3. The highest BCUT2D eigenvalue weighted by atomic mass is 16.5. The van der Waals surface area contributed by atoms with Gasteiger partial charge in [-0.1, -0.05) is 0 Å². The van der Waals surface area contributed by atoms with Gasteiger partial charge in [0.2, 0.25) is 0 Å². The zero-order valence-electron chi connectivity index (χ0n) is 6.63. The molecule has 10 heavy (non-hydrogen) atoms. The first-order chi connectivity index (χ1) is 4.48. The second-order valence-corrected chi connectivity index (χ2v) is 2.83. The maximum atomic E-state index is 10.1. The number of hydrogen-bond acceptors (Lipinski definition) is 3. The van der Waals surface area contributed by atoms with Gasteiger partial charge < -0.3 is 14.6 Å². The standard InChI is InChI=1S/C7H14O3/c1-6(2)10-5-7(3,9)4-8/h4,6,9H,5H2,1-3H3. The highest BCUT2D eigenvalue weighted by Gasteiger charge is 2.19. The molecule has 0 heterocycles. The monoisotopic (exact) mass is 146 g/mol. The van der Waals surface area contributed by atoms with Gasteiger partial charge in [0.05, 0.1) is 12.7 Å². The minimum atomic E-state index is -1.33. The van der Waals surface area contributed by atoms with Crippen LogP contribution in [0.1, 0.15) is 20.8 Å². The van der Waals surface area contributed by atoms with Gasteiger partial charge in [0.15, 0.2) is 6.29 Å². The third-order valence-corrected chi connectivity index (χ3v) is 0.963. The summed E-state index contributed by atoms with van der Waals surface area (Å²) in [5.41, 5.74) is -1.33. The molecule has 0 aromatic heterocycles. The van der Waals surface area contributed by atoms with Gasteiger partial charge in [0, 0.05) is 0 Å². The Kier molecular flexibility index (Phi) is 3.53.